The van der Waals surface area contributed by atoms with Gasteiger partial charge in [0, 0.05) is 38.1 Å². The van der Waals surface area contributed by atoms with E-state index in [1.54, 1.807) is 11.3 Å². The van der Waals surface area contributed by atoms with Gasteiger partial charge in [-0.2, -0.15) is 0 Å². The van der Waals surface area contributed by atoms with Crippen LogP contribution >= 0.6 is 11.3 Å². The zero-order chi connectivity index (χ0) is 17.4. The Balaban J connectivity index is 1.47. The molecule has 4 rings (SSSR count). The van der Waals surface area contributed by atoms with Crippen LogP contribution in [0.2, 0.25) is 0 Å². The number of alkyl halides is 1. The van der Waals surface area contributed by atoms with Gasteiger partial charge in [0.15, 0.2) is 11.5 Å². The SMILES string of the molecule is Cc1nc(CN2C[C@@H](F)C[C@H]2CN(C)c2ccc3nnnn3n2)cs1. The fourth-order valence-electron chi connectivity index (χ4n) is 3.25. The number of halogens is 1. The smallest absolute Gasteiger partial charge is 0.200 e. The summed E-state index contributed by atoms with van der Waals surface area (Å²) in [7, 11) is 1.95. The average molecular weight is 362 g/mol. The number of nitrogens with zero attached hydrogens (tertiary/aromatic N) is 8. The first-order valence-electron chi connectivity index (χ1n) is 8.14. The molecule has 1 fully saturated rings. The molecule has 0 aliphatic carbocycles. The van der Waals surface area contributed by atoms with Crippen molar-refractivity contribution in [1.29, 1.82) is 0 Å². The van der Waals surface area contributed by atoms with Crippen LogP contribution in [0.1, 0.15) is 17.1 Å². The van der Waals surface area contributed by atoms with Crippen molar-refractivity contribution < 1.29 is 4.39 Å². The summed E-state index contributed by atoms with van der Waals surface area (Å²) in [4.78, 5) is 8.69. The predicted molar refractivity (Wildman–Crippen MR) is 92.4 cm³/mol. The van der Waals surface area contributed by atoms with E-state index in [0.717, 1.165) is 16.5 Å². The second-order valence-electron chi connectivity index (χ2n) is 6.37. The summed E-state index contributed by atoms with van der Waals surface area (Å²) in [5.74, 6) is 0.756. The highest BCUT2D eigenvalue weighted by molar-refractivity contribution is 7.09. The van der Waals surface area contributed by atoms with Gasteiger partial charge < -0.3 is 4.90 Å². The van der Waals surface area contributed by atoms with E-state index in [9.17, 15) is 4.39 Å². The molecule has 0 amide bonds. The summed E-state index contributed by atoms with van der Waals surface area (Å²) >= 11 is 1.63. The van der Waals surface area contributed by atoms with Gasteiger partial charge in [0.25, 0.3) is 0 Å². The summed E-state index contributed by atoms with van der Waals surface area (Å²) in [6.45, 7) is 3.81. The van der Waals surface area contributed by atoms with Gasteiger partial charge in [-0.1, -0.05) is 0 Å². The standard InChI is InChI=1S/C15H19FN8S/c1-10-17-12(9-25-10)7-23-6-11(16)5-13(23)8-22(2)15-4-3-14-18-20-21-24(14)19-15/h3-4,9,11,13H,5-8H2,1-2H3/t11-,13-/m0/s1. The molecule has 0 aromatic carbocycles. The maximum absolute atomic E-state index is 14.0. The fraction of sp³-hybridized carbons (Fsp3) is 0.533. The van der Waals surface area contributed by atoms with Crippen molar-refractivity contribution in [3.05, 3.63) is 28.2 Å². The highest BCUT2D eigenvalue weighted by Crippen LogP contribution is 2.25. The fourth-order valence-corrected chi connectivity index (χ4v) is 3.85. The molecule has 0 saturated carbocycles. The Labute approximate surface area is 148 Å². The highest BCUT2D eigenvalue weighted by atomic mass is 32.1. The first-order chi connectivity index (χ1) is 12.1. The Morgan fingerprint density at radius 2 is 2.28 bits per heavy atom. The van der Waals surface area contributed by atoms with Crippen LogP contribution in [-0.2, 0) is 6.54 Å². The zero-order valence-corrected chi connectivity index (χ0v) is 14.9. The number of hydrogen-bond donors (Lipinski definition) is 0. The summed E-state index contributed by atoms with van der Waals surface area (Å²) in [5, 5.41) is 18.7. The molecule has 1 aliphatic rings. The van der Waals surface area contributed by atoms with Gasteiger partial charge in [-0.15, -0.1) is 26.2 Å². The van der Waals surface area contributed by atoms with E-state index in [1.165, 1.54) is 4.63 Å². The third-order valence-electron chi connectivity index (χ3n) is 4.44. The molecule has 0 N–H and O–H groups in total. The van der Waals surface area contributed by atoms with Crippen molar-refractivity contribution >= 4 is 22.8 Å². The lowest BCUT2D eigenvalue weighted by atomic mass is 10.2. The number of hydrogen-bond acceptors (Lipinski definition) is 8. The Kier molecular flexibility index (Phi) is 4.30. The minimum atomic E-state index is -0.798. The van der Waals surface area contributed by atoms with Crippen molar-refractivity contribution in [2.24, 2.45) is 0 Å². The van der Waals surface area contributed by atoms with Gasteiger partial charge in [-0.05, 0) is 35.9 Å². The van der Waals surface area contributed by atoms with E-state index < -0.39 is 6.17 Å². The van der Waals surface area contributed by atoms with Crippen LogP contribution < -0.4 is 4.90 Å². The van der Waals surface area contributed by atoms with Crippen molar-refractivity contribution in [3.63, 3.8) is 0 Å². The molecule has 8 nitrogen and oxygen atoms in total. The number of aromatic nitrogens is 6. The molecular weight excluding hydrogens is 343 g/mol. The molecule has 3 aromatic heterocycles. The van der Waals surface area contributed by atoms with Gasteiger partial charge in [-0.25, -0.2) is 9.37 Å². The van der Waals surface area contributed by atoms with Crippen molar-refractivity contribution in [2.75, 3.05) is 25.0 Å². The van der Waals surface area contributed by atoms with Gasteiger partial charge in [0.1, 0.15) is 6.17 Å². The Bertz CT molecular complexity index is 864. The monoisotopic (exact) mass is 362 g/mol. The minimum Gasteiger partial charge on any atom is -0.357 e. The largest absolute Gasteiger partial charge is 0.357 e. The summed E-state index contributed by atoms with van der Waals surface area (Å²) in [5.41, 5.74) is 1.61. The lowest BCUT2D eigenvalue weighted by molar-refractivity contribution is 0.235. The number of rotatable bonds is 5. The third kappa shape index (κ3) is 3.45. The highest BCUT2D eigenvalue weighted by Gasteiger charge is 2.33. The zero-order valence-electron chi connectivity index (χ0n) is 14.1. The maximum atomic E-state index is 14.0. The Morgan fingerprint density at radius 3 is 3.08 bits per heavy atom. The first kappa shape index (κ1) is 16.3. The predicted octanol–water partition coefficient (Wildman–Crippen LogP) is 1.33. The molecule has 0 bridgehead atoms. The molecule has 25 heavy (non-hydrogen) atoms. The van der Waals surface area contributed by atoms with E-state index in [-0.39, 0.29) is 6.04 Å². The first-order valence-corrected chi connectivity index (χ1v) is 9.02. The third-order valence-corrected chi connectivity index (χ3v) is 5.26. The van der Waals surface area contributed by atoms with Crippen LogP contribution in [0.25, 0.3) is 5.65 Å². The number of thiazole rings is 1. The summed E-state index contributed by atoms with van der Waals surface area (Å²) < 4.78 is 15.4. The number of fused-ring (bicyclic) bond motifs is 1. The molecular formula is C15H19FN8S. The van der Waals surface area contributed by atoms with E-state index in [4.69, 9.17) is 0 Å². The van der Waals surface area contributed by atoms with E-state index in [2.05, 4.69) is 35.9 Å². The lowest BCUT2D eigenvalue weighted by Gasteiger charge is -2.28. The molecule has 0 unspecified atom stereocenters. The molecule has 3 aromatic rings. The molecule has 132 valence electrons. The number of tetrazole rings is 1. The van der Waals surface area contributed by atoms with Crippen LogP contribution in [0.5, 0.6) is 0 Å². The second kappa shape index (κ2) is 6.60. The van der Waals surface area contributed by atoms with Crippen LogP contribution in [0, 0.1) is 6.92 Å². The maximum Gasteiger partial charge on any atom is 0.200 e. The summed E-state index contributed by atoms with van der Waals surface area (Å²) in [6, 6.07) is 3.82. The number of aryl methyl sites for hydroxylation is 1. The normalized spacial score (nSPS) is 21.2. The molecule has 10 heteroatoms. The molecule has 0 radical (unpaired) electrons. The van der Waals surface area contributed by atoms with E-state index in [0.29, 0.717) is 31.7 Å². The van der Waals surface area contributed by atoms with Gasteiger partial charge in [0.2, 0.25) is 0 Å². The van der Waals surface area contributed by atoms with E-state index in [1.807, 2.05) is 31.0 Å². The molecule has 0 spiro atoms. The number of anilines is 1. The van der Waals surface area contributed by atoms with Crippen molar-refractivity contribution in [2.45, 2.75) is 32.1 Å². The van der Waals surface area contributed by atoms with Crippen LogP contribution in [0.15, 0.2) is 17.5 Å². The molecule has 1 saturated heterocycles. The second-order valence-corrected chi connectivity index (χ2v) is 7.43. The molecule has 2 atom stereocenters. The van der Waals surface area contributed by atoms with Crippen molar-refractivity contribution in [1.82, 2.24) is 35.1 Å². The van der Waals surface area contributed by atoms with Crippen LogP contribution in [-0.4, -0.2) is 67.5 Å². The van der Waals surface area contributed by atoms with Gasteiger partial charge in [-0.3, -0.25) is 4.90 Å². The summed E-state index contributed by atoms with van der Waals surface area (Å²) in [6.07, 6.45) is -0.270. The van der Waals surface area contributed by atoms with Gasteiger partial charge >= 0.3 is 0 Å². The quantitative estimate of drug-likeness (QED) is 0.678. The number of likely N-dealkylation sites (tertiary alicyclic amines) is 1. The van der Waals surface area contributed by atoms with Crippen LogP contribution in [0.4, 0.5) is 10.2 Å². The van der Waals surface area contributed by atoms with Crippen molar-refractivity contribution in [3.8, 4) is 0 Å². The Morgan fingerprint density at radius 1 is 1.40 bits per heavy atom. The van der Waals surface area contributed by atoms with E-state index >= 15 is 0 Å². The van der Waals surface area contributed by atoms with Crippen LogP contribution in [0.3, 0.4) is 0 Å². The average Bonchev–Trinajstić information content (AvgIpc) is 3.28. The molecule has 1 aliphatic heterocycles. The minimum absolute atomic E-state index is 0.119. The topological polar surface area (TPSA) is 75.3 Å². The lowest BCUT2D eigenvalue weighted by Crippen LogP contribution is -2.39. The molecule has 4 heterocycles. The Hall–Kier alpha value is -2.20. The number of likely N-dealkylation sites (N-methyl/N-ethyl adjacent to an activating group) is 1. The van der Waals surface area contributed by atoms with Gasteiger partial charge in [0.05, 0.1) is 10.7 Å².